The predicted octanol–water partition coefficient (Wildman–Crippen LogP) is 2.61. The second kappa shape index (κ2) is 5.56. The fourth-order valence-electron chi connectivity index (χ4n) is 0.848. The molecular formula is C8H8BrCl2NO2. The Bertz CT molecular complexity index is 346. The van der Waals surface area contributed by atoms with Crippen LogP contribution in [0.3, 0.4) is 0 Å². The molecule has 14 heavy (non-hydrogen) atoms. The van der Waals surface area contributed by atoms with Gasteiger partial charge < -0.3 is 10.8 Å². The zero-order chi connectivity index (χ0) is 10.0. The monoisotopic (exact) mass is 299 g/mol. The van der Waals surface area contributed by atoms with Gasteiger partial charge in [0, 0.05) is 4.47 Å². The fourth-order valence-corrected chi connectivity index (χ4v) is 1.36. The minimum absolute atomic E-state index is 0. The van der Waals surface area contributed by atoms with Crippen LogP contribution in [0.2, 0.25) is 5.02 Å². The van der Waals surface area contributed by atoms with Crippen molar-refractivity contribution in [3.05, 3.63) is 33.3 Å². The second-order valence-electron chi connectivity index (χ2n) is 2.49. The molecule has 0 fully saturated rings. The van der Waals surface area contributed by atoms with Gasteiger partial charge in [-0.05, 0) is 33.6 Å². The normalized spacial score (nSPS) is 11.6. The van der Waals surface area contributed by atoms with Crippen LogP contribution >= 0.6 is 39.9 Å². The SMILES string of the molecule is Cl.N[C@@H](C(=O)O)c1ccc(Cl)c(Br)c1. The molecule has 0 saturated heterocycles. The van der Waals surface area contributed by atoms with E-state index in [1.807, 2.05) is 0 Å². The molecule has 78 valence electrons. The average Bonchev–Trinajstić information content (AvgIpc) is 2.08. The van der Waals surface area contributed by atoms with E-state index in [0.717, 1.165) is 0 Å². The topological polar surface area (TPSA) is 63.3 Å². The maximum Gasteiger partial charge on any atom is 0.325 e. The van der Waals surface area contributed by atoms with Gasteiger partial charge in [-0.15, -0.1) is 12.4 Å². The second-order valence-corrected chi connectivity index (χ2v) is 3.75. The highest BCUT2D eigenvalue weighted by molar-refractivity contribution is 9.10. The van der Waals surface area contributed by atoms with Crippen molar-refractivity contribution in [1.82, 2.24) is 0 Å². The van der Waals surface area contributed by atoms with Gasteiger partial charge in [0.2, 0.25) is 0 Å². The zero-order valence-electron chi connectivity index (χ0n) is 6.91. The van der Waals surface area contributed by atoms with Crippen LogP contribution in [0.4, 0.5) is 0 Å². The number of carbonyl (C=O) groups is 1. The summed E-state index contributed by atoms with van der Waals surface area (Å²) < 4.78 is 0.642. The third-order valence-electron chi connectivity index (χ3n) is 1.57. The molecule has 0 spiro atoms. The smallest absolute Gasteiger partial charge is 0.325 e. The van der Waals surface area contributed by atoms with Crippen molar-refractivity contribution in [1.29, 1.82) is 0 Å². The lowest BCUT2D eigenvalue weighted by Gasteiger charge is -2.07. The molecule has 0 aliphatic rings. The highest BCUT2D eigenvalue weighted by Gasteiger charge is 2.14. The summed E-state index contributed by atoms with van der Waals surface area (Å²) in [5.41, 5.74) is 5.91. The first-order valence-corrected chi connectivity index (χ1v) is 4.63. The Kier molecular flexibility index (Phi) is 5.44. The summed E-state index contributed by atoms with van der Waals surface area (Å²) in [4.78, 5) is 10.5. The molecule has 0 aliphatic carbocycles. The first-order valence-electron chi connectivity index (χ1n) is 3.45. The van der Waals surface area contributed by atoms with E-state index in [0.29, 0.717) is 15.1 Å². The Hall–Kier alpha value is -0.290. The Balaban J connectivity index is 0.00000169. The maximum absolute atomic E-state index is 10.5. The van der Waals surface area contributed by atoms with Crippen molar-refractivity contribution in [2.24, 2.45) is 5.73 Å². The van der Waals surface area contributed by atoms with Gasteiger partial charge in [0.15, 0.2) is 0 Å². The molecule has 0 heterocycles. The Morgan fingerprint density at radius 2 is 2.14 bits per heavy atom. The minimum atomic E-state index is -1.06. The molecule has 0 aliphatic heterocycles. The Morgan fingerprint density at radius 3 is 2.57 bits per heavy atom. The van der Waals surface area contributed by atoms with Gasteiger partial charge in [0.1, 0.15) is 6.04 Å². The van der Waals surface area contributed by atoms with E-state index in [4.69, 9.17) is 22.4 Å². The standard InChI is InChI=1S/C8H7BrClNO2.ClH/c9-5-3-4(1-2-6(5)10)7(11)8(12)13;/h1-3,7H,11H2,(H,12,13);1H/t7-;/m1./s1. The molecule has 0 unspecified atom stereocenters. The largest absolute Gasteiger partial charge is 0.480 e. The van der Waals surface area contributed by atoms with Crippen molar-refractivity contribution >= 4 is 45.9 Å². The number of carboxylic acid groups (broad SMARTS) is 1. The van der Waals surface area contributed by atoms with Gasteiger partial charge in [-0.2, -0.15) is 0 Å². The molecule has 0 bridgehead atoms. The van der Waals surface area contributed by atoms with Crippen molar-refractivity contribution in [3.8, 4) is 0 Å². The van der Waals surface area contributed by atoms with Gasteiger partial charge in [-0.3, -0.25) is 4.79 Å². The van der Waals surface area contributed by atoms with Crippen LogP contribution in [-0.2, 0) is 4.79 Å². The van der Waals surface area contributed by atoms with Crippen LogP contribution in [0.25, 0.3) is 0 Å². The third-order valence-corrected chi connectivity index (χ3v) is 2.78. The van der Waals surface area contributed by atoms with Crippen molar-refractivity contribution in [3.63, 3.8) is 0 Å². The van der Waals surface area contributed by atoms with Crippen LogP contribution in [-0.4, -0.2) is 11.1 Å². The number of rotatable bonds is 2. The summed E-state index contributed by atoms with van der Waals surface area (Å²) in [6.07, 6.45) is 0. The highest BCUT2D eigenvalue weighted by atomic mass is 79.9. The zero-order valence-corrected chi connectivity index (χ0v) is 10.1. The maximum atomic E-state index is 10.5. The molecule has 6 heteroatoms. The number of hydrogen-bond acceptors (Lipinski definition) is 2. The molecule has 1 rings (SSSR count). The van der Waals surface area contributed by atoms with Crippen molar-refractivity contribution in [2.45, 2.75) is 6.04 Å². The molecule has 1 aromatic carbocycles. The van der Waals surface area contributed by atoms with Crippen LogP contribution in [0.15, 0.2) is 22.7 Å². The molecule has 1 aromatic rings. The summed E-state index contributed by atoms with van der Waals surface area (Å²) >= 11 is 8.91. The molecule has 3 N–H and O–H groups in total. The number of nitrogens with two attached hydrogens (primary N) is 1. The summed E-state index contributed by atoms with van der Waals surface area (Å²) in [7, 11) is 0. The van der Waals surface area contributed by atoms with Crippen LogP contribution < -0.4 is 5.73 Å². The van der Waals surface area contributed by atoms with Crippen molar-refractivity contribution in [2.75, 3.05) is 0 Å². The lowest BCUT2D eigenvalue weighted by molar-refractivity contribution is -0.138. The number of hydrogen-bond donors (Lipinski definition) is 2. The number of carboxylic acids is 1. The van der Waals surface area contributed by atoms with E-state index < -0.39 is 12.0 Å². The summed E-state index contributed by atoms with van der Waals surface area (Å²) in [6.45, 7) is 0. The summed E-state index contributed by atoms with van der Waals surface area (Å²) in [6, 6.07) is 3.78. The van der Waals surface area contributed by atoms with E-state index in [1.165, 1.54) is 0 Å². The molecule has 0 radical (unpaired) electrons. The number of aliphatic carboxylic acids is 1. The lowest BCUT2D eigenvalue weighted by atomic mass is 10.1. The molecule has 1 atom stereocenters. The van der Waals surface area contributed by atoms with Crippen LogP contribution in [0.1, 0.15) is 11.6 Å². The van der Waals surface area contributed by atoms with E-state index in [9.17, 15) is 4.79 Å². The molecule has 0 aromatic heterocycles. The first-order chi connectivity index (χ1) is 6.02. The Morgan fingerprint density at radius 1 is 1.57 bits per heavy atom. The van der Waals surface area contributed by atoms with Crippen LogP contribution in [0.5, 0.6) is 0 Å². The van der Waals surface area contributed by atoms with E-state index >= 15 is 0 Å². The average molecular weight is 301 g/mol. The summed E-state index contributed by atoms with van der Waals surface area (Å²) in [5, 5.41) is 9.15. The van der Waals surface area contributed by atoms with Gasteiger partial charge in [-0.25, -0.2) is 0 Å². The Labute approximate surface area is 101 Å². The lowest BCUT2D eigenvalue weighted by Crippen LogP contribution is -2.20. The molecule has 3 nitrogen and oxygen atoms in total. The quantitative estimate of drug-likeness (QED) is 0.882. The first kappa shape index (κ1) is 13.7. The van der Waals surface area contributed by atoms with Gasteiger partial charge in [0.25, 0.3) is 0 Å². The molecular weight excluding hydrogens is 293 g/mol. The number of halogens is 3. The summed E-state index contributed by atoms with van der Waals surface area (Å²) in [5.74, 6) is -1.06. The minimum Gasteiger partial charge on any atom is -0.480 e. The van der Waals surface area contributed by atoms with Gasteiger partial charge in [-0.1, -0.05) is 17.7 Å². The molecule has 0 saturated carbocycles. The number of benzene rings is 1. The van der Waals surface area contributed by atoms with Gasteiger partial charge >= 0.3 is 5.97 Å². The third kappa shape index (κ3) is 3.13. The fraction of sp³-hybridized carbons (Fsp3) is 0.125. The van der Waals surface area contributed by atoms with E-state index in [-0.39, 0.29) is 12.4 Å². The van der Waals surface area contributed by atoms with Gasteiger partial charge in [0.05, 0.1) is 5.02 Å². The van der Waals surface area contributed by atoms with E-state index in [1.54, 1.807) is 18.2 Å². The highest BCUT2D eigenvalue weighted by Crippen LogP contribution is 2.25. The van der Waals surface area contributed by atoms with Crippen molar-refractivity contribution < 1.29 is 9.90 Å². The van der Waals surface area contributed by atoms with E-state index in [2.05, 4.69) is 15.9 Å². The molecule has 0 amide bonds. The predicted molar refractivity (Wildman–Crippen MR) is 61.0 cm³/mol. The van der Waals surface area contributed by atoms with Crippen LogP contribution in [0, 0.1) is 0 Å².